The van der Waals surface area contributed by atoms with Crippen molar-refractivity contribution in [3.8, 4) is 0 Å². The van der Waals surface area contributed by atoms with Gasteiger partial charge in [-0.1, -0.05) is 47.5 Å². The van der Waals surface area contributed by atoms with Gasteiger partial charge in [-0.25, -0.2) is 0 Å². The lowest BCUT2D eigenvalue weighted by Crippen LogP contribution is -2.17. The fourth-order valence-electron chi connectivity index (χ4n) is 2.26. The molecule has 74 valence electrons. The zero-order valence-electron chi connectivity index (χ0n) is 8.27. The Labute approximate surface area is 78.8 Å². The van der Waals surface area contributed by atoms with Gasteiger partial charge in [-0.05, 0) is 30.6 Å². The highest BCUT2D eigenvalue weighted by atomic mass is 14.3. The zero-order chi connectivity index (χ0) is 8.27. The fourth-order valence-corrected chi connectivity index (χ4v) is 2.26. The minimum Gasteiger partial charge on any atom is -0.0776 e. The third-order valence-electron chi connectivity index (χ3n) is 3.41. The maximum atomic E-state index is 2.37. The highest BCUT2D eigenvalue weighted by Gasteiger charge is 2.21. The summed E-state index contributed by atoms with van der Waals surface area (Å²) in [4.78, 5) is 0. The van der Waals surface area contributed by atoms with E-state index in [9.17, 15) is 0 Å². The summed E-state index contributed by atoms with van der Waals surface area (Å²) in [6.07, 6.45) is 7.40. The molecule has 0 spiro atoms. The van der Waals surface area contributed by atoms with Crippen molar-refractivity contribution in [1.82, 2.24) is 0 Å². The topological polar surface area (TPSA) is 0 Å². The number of hydrogen-bond donors (Lipinski definition) is 0. The molecule has 0 heteroatoms. The van der Waals surface area contributed by atoms with Gasteiger partial charge in [0.2, 0.25) is 0 Å². The molecule has 0 bridgehead atoms. The average molecular weight is 170 g/mol. The van der Waals surface area contributed by atoms with E-state index in [4.69, 9.17) is 0 Å². The van der Waals surface area contributed by atoms with Crippen molar-refractivity contribution in [2.75, 3.05) is 0 Å². The van der Waals surface area contributed by atoms with Crippen LogP contribution < -0.4 is 0 Å². The van der Waals surface area contributed by atoms with Crippen molar-refractivity contribution in [3.05, 3.63) is 0 Å². The Balaban J connectivity index is 0.00000121. The van der Waals surface area contributed by atoms with Crippen LogP contribution >= 0.6 is 0 Å². The summed E-state index contributed by atoms with van der Waals surface area (Å²) in [7, 11) is 0. The first-order chi connectivity index (χ1) is 5.24. The van der Waals surface area contributed by atoms with Crippen LogP contribution in [0.5, 0.6) is 0 Å². The Hall–Kier alpha value is 0. The first-order valence-corrected chi connectivity index (χ1v) is 5.24. The molecule has 1 rings (SSSR count). The SMILES string of the molecule is C.CCC1CCC(C(C)C)CC1. The number of hydrogen-bond acceptors (Lipinski definition) is 0. The van der Waals surface area contributed by atoms with Gasteiger partial charge in [0.25, 0.3) is 0 Å². The van der Waals surface area contributed by atoms with E-state index in [-0.39, 0.29) is 7.43 Å². The molecular formula is C12H26. The van der Waals surface area contributed by atoms with Crippen molar-refractivity contribution in [1.29, 1.82) is 0 Å². The van der Waals surface area contributed by atoms with E-state index in [0.29, 0.717) is 0 Å². The lowest BCUT2D eigenvalue weighted by molar-refractivity contribution is 0.221. The molecule has 1 fully saturated rings. The summed E-state index contributed by atoms with van der Waals surface area (Å²) in [6.45, 7) is 7.08. The van der Waals surface area contributed by atoms with Crippen LogP contribution in [0.4, 0.5) is 0 Å². The second kappa shape index (κ2) is 5.61. The van der Waals surface area contributed by atoms with Gasteiger partial charge in [0, 0.05) is 0 Å². The van der Waals surface area contributed by atoms with E-state index in [0.717, 1.165) is 17.8 Å². The van der Waals surface area contributed by atoms with Crippen molar-refractivity contribution < 1.29 is 0 Å². The molecule has 1 aliphatic rings. The molecule has 0 aromatic carbocycles. The first-order valence-electron chi connectivity index (χ1n) is 5.24. The molecule has 0 amide bonds. The van der Waals surface area contributed by atoms with Crippen molar-refractivity contribution in [2.45, 2.75) is 60.3 Å². The minimum absolute atomic E-state index is 0. The standard InChI is InChI=1S/C11H22.CH4/c1-4-10-5-7-11(8-6-10)9(2)3;/h9-11H,4-8H2,1-3H3;1H4. The summed E-state index contributed by atoms with van der Waals surface area (Å²) in [5, 5.41) is 0. The molecule has 12 heavy (non-hydrogen) atoms. The van der Waals surface area contributed by atoms with Gasteiger partial charge in [-0.3, -0.25) is 0 Å². The van der Waals surface area contributed by atoms with Crippen molar-refractivity contribution in [2.24, 2.45) is 17.8 Å². The maximum Gasteiger partial charge on any atom is -0.0391 e. The molecule has 0 radical (unpaired) electrons. The molecule has 1 saturated carbocycles. The predicted molar refractivity (Wildman–Crippen MR) is 57.3 cm³/mol. The van der Waals surface area contributed by atoms with Crippen LogP contribution in [0.3, 0.4) is 0 Å². The Morgan fingerprint density at radius 2 is 1.58 bits per heavy atom. The van der Waals surface area contributed by atoms with Gasteiger partial charge in [0.05, 0.1) is 0 Å². The average Bonchev–Trinajstić information content (AvgIpc) is 2.05. The highest BCUT2D eigenvalue weighted by molar-refractivity contribution is 4.73. The smallest absolute Gasteiger partial charge is 0.0391 e. The summed E-state index contributed by atoms with van der Waals surface area (Å²) < 4.78 is 0. The van der Waals surface area contributed by atoms with Gasteiger partial charge < -0.3 is 0 Å². The molecule has 0 unspecified atom stereocenters. The maximum absolute atomic E-state index is 2.37. The van der Waals surface area contributed by atoms with E-state index >= 15 is 0 Å². The van der Waals surface area contributed by atoms with Gasteiger partial charge in [-0.2, -0.15) is 0 Å². The van der Waals surface area contributed by atoms with E-state index in [1.807, 2.05) is 0 Å². The second-order valence-corrected chi connectivity index (χ2v) is 4.43. The van der Waals surface area contributed by atoms with Gasteiger partial charge in [-0.15, -0.1) is 0 Å². The Kier molecular flexibility index (Phi) is 5.61. The van der Waals surface area contributed by atoms with E-state index in [1.54, 1.807) is 0 Å². The highest BCUT2D eigenvalue weighted by Crippen LogP contribution is 2.34. The summed E-state index contributed by atoms with van der Waals surface area (Å²) in [6, 6.07) is 0. The largest absolute Gasteiger partial charge is 0.0776 e. The van der Waals surface area contributed by atoms with Crippen LogP contribution in [0, 0.1) is 17.8 Å². The Morgan fingerprint density at radius 3 is 1.92 bits per heavy atom. The summed E-state index contributed by atoms with van der Waals surface area (Å²) >= 11 is 0. The fraction of sp³-hybridized carbons (Fsp3) is 1.00. The van der Waals surface area contributed by atoms with Crippen molar-refractivity contribution >= 4 is 0 Å². The van der Waals surface area contributed by atoms with Crippen LogP contribution in [-0.2, 0) is 0 Å². The monoisotopic (exact) mass is 170 g/mol. The predicted octanol–water partition coefficient (Wildman–Crippen LogP) is 4.49. The first kappa shape index (κ1) is 12.0. The summed E-state index contributed by atoms with van der Waals surface area (Å²) in [5.41, 5.74) is 0. The third-order valence-corrected chi connectivity index (χ3v) is 3.41. The Bertz CT molecular complexity index is 96.6. The normalized spacial score (nSPS) is 30.0. The molecule has 0 heterocycles. The molecule has 0 aliphatic heterocycles. The molecule has 0 atom stereocenters. The quantitative estimate of drug-likeness (QED) is 0.572. The third kappa shape index (κ3) is 3.16. The minimum atomic E-state index is 0. The molecular weight excluding hydrogens is 144 g/mol. The van der Waals surface area contributed by atoms with Crippen LogP contribution in [0.1, 0.15) is 60.3 Å². The second-order valence-electron chi connectivity index (χ2n) is 4.43. The van der Waals surface area contributed by atoms with Gasteiger partial charge >= 0.3 is 0 Å². The Morgan fingerprint density at radius 1 is 1.08 bits per heavy atom. The molecule has 0 nitrogen and oxygen atoms in total. The van der Waals surface area contributed by atoms with Crippen molar-refractivity contribution in [3.63, 3.8) is 0 Å². The lowest BCUT2D eigenvalue weighted by Gasteiger charge is -2.30. The summed E-state index contributed by atoms with van der Waals surface area (Å²) in [5.74, 6) is 3.02. The van der Waals surface area contributed by atoms with E-state index < -0.39 is 0 Å². The molecule has 0 aromatic heterocycles. The molecule has 0 aromatic rings. The molecule has 0 saturated heterocycles. The lowest BCUT2D eigenvalue weighted by atomic mass is 9.76. The van der Waals surface area contributed by atoms with Crippen LogP contribution in [0.25, 0.3) is 0 Å². The van der Waals surface area contributed by atoms with Crippen LogP contribution in [0.15, 0.2) is 0 Å². The number of rotatable bonds is 2. The van der Waals surface area contributed by atoms with Gasteiger partial charge in [0.15, 0.2) is 0 Å². The molecule has 1 aliphatic carbocycles. The van der Waals surface area contributed by atoms with Crippen LogP contribution in [0.2, 0.25) is 0 Å². The molecule has 0 N–H and O–H groups in total. The van der Waals surface area contributed by atoms with E-state index in [1.165, 1.54) is 32.1 Å². The van der Waals surface area contributed by atoms with E-state index in [2.05, 4.69) is 20.8 Å². The van der Waals surface area contributed by atoms with Gasteiger partial charge in [0.1, 0.15) is 0 Å². The van der Waals surface area contributed by atoms with Crippen LogP contribution in [-0.4, -0.2) is 0 Å². The zero-order valence-corrected chi connectivity index (χ0v) is 8.27.